The molecule has 18 nitrogen and oxygen atoms in total. The second kappa shape index (κ2) is 21.0. The summed E-state index contributed by atoms with van der Waals surface area (Å²) in [6.45, 7) is 11.9. The van der Waals surface area contributed by atoms with Crippen molar-refractivity contribution in [2.24, 2.45) is 5.41 Å². The second-order valence-electron chi connectivity index (χ2n) is 20.9. The molecule has 10 rings (SSSR count). The predicted octanol–water partition coefficient (Wildman–Crippen LogP) is 7.86. The minimum Gasteiger partial charge on any atom is -0.733 e. The number of allylic oxidation sites excluding steroid dienone is 1. The van der Waals surface area contributed by atoms with Gasteiger partial charge in [-0.2, -0.15) is 4.98 Å². The number of H-pyrrole nitrogens is 1. The molecule has 3 aromatic carbocycles. The number of hydrogen-bond donors (Lipinski definition) is 5. The Morgan fingerprint density at radius 1 is 0.986 bits per heavy atom. The molecule has 73 heavy (non-hydrogen) atoms. The Morgan fingerprint density at radius 3 is 2.62 bits per heavy atom. The number of fused-ring (bicyclic) bond motifs is 4. The van der Waals surface area contributed by atoms with E-state index in [-0.39, 0.29) is 53.8 Å². The van der Waals surface area contributed by atoms with Crippen LogP contribution in [-0.2, 0) is 24.2 Å². The molecule has 1 aliphatic carbocycles. The number of halogens is 1. The molecule has 2 unspecified atom stereocenters. The highest BCUT2D eigenvalue weighted by Gasteiger charge is 2.39. The number of piperazine rings is 1. The maximum absolute atomic E-state index is 14.6. The SMILES string of the molecule is CC1(C)CC(c2ccc(Cl)cc2)=C2CN3CCN(c4ccc(C(=O)NS(=O)(=O)c5ccc(NCC6CC[C@](C)(O)CO6)c(N([O-])O)c5)c(N5CCCOc6nc7[nH]ccc7cc65)c4)CC3COCCCO[C@@H]2C1. The van der Waals surface area contributed by atoms with Crippen molar-refractivity contribution < 1.29 is 42.5 Å². The Balaban J connectivity index is 0.956. The first-order chi connectivity index (χ1) is 35.0. The van der Waals surface area contributed by atoms with Crippen molar-refractivity contribution in [3.05, 3.63) is 106 Å². The Labute approximate surface area is 430 Å². The van der Waals surface area contributed by atoms with Crippen LogP contribution in [0.15, 0.2) is 89.5 Å². The average molecular weight is 1040 g/mol. The summed E-state index contributed by atoms with van der Waals surface area (Å²) in [4.78, 5) is 28.9. The van der Waals surface area contributed by atoms with Gasteiger partial charge in [-0.25, -0.2) is 13.1 Å². The number of nitrogens with one attached hydrogen (secondary N) is 3. The maximum atomic E-state index is 14.6. The number of aromatic nitrogens is 2. The van der Waals surface area contributed by atoms with Crippen LogP contribution >= 0.6 is 11.6 Å². The zero-order valence-corrected chi connectivity index (χ0v) is 43.0. The van der Waals surface area contributed by atoms with Crippen LogP contribution in [-0.4, -0.2) is 136 Å². The van der Waals surface area contributed by atoms with Crippen molar-refractivity contribution in [3.63, 3.8) is 0 Å². The molecule has 5 aliphatic rings. The first-order valence-corrected chi connectivity index (χ1v) is 27.0. The summed E-state index contributed by atoms with van der Waals surface area (Å²) < 4.78 is 55.5. The average Bonchev–Trinajstić information content (AvgIpc) is 3.71. The zero-order chi connectivity index (χ0) is 51.1. The Hall–Kier alpha value is -5.48. The Kier molecular flexibility index (Phi) is 14.7. The number of carbonyl (C=O) groups excluding carboxylic acids is 1. The molecule has 390 valence electrons. The van der Waals surface area contributed by atoms with E-state index in [1.54, 1.807) is 19.2 Å². The predicted molar refractivity (Wildman–Crippen MR) is 281 cm³/mol. The molecule has 3 saturated heterocycles. The van der Waals surface area contributed by atoms with Crippen molar-refractivity contribution in [2.45, 2.75) is 88.0 Å². The largest absolute Gasteiger partial charge is 0.733 e. The minimum absolute atomic E-state index is 0.00464. The third-order valence-corrected chi connectivity index (χ3v) is 16.3. The first-order valence-electron chi connectivity index (χ1n) is 25.1. The third-order valence-electron chi connectivity index (χ3n) is 14.7. The summed E-state index contributed by atoms with van der Waals surface area (Å²) in [6, 6.07) is 21.0. The van der Waals surface area contributed by atoms with Crippen LogP contribution in [0.1, 0.15) is 75.2 Å². The van der Waals surface area contributed by atoms with E-state index in [2.05, 4.69) is 50.8 Å². The topological polar surface area (TPSA) is 217 Å². The molecular formula is C53H64ClN8O10S-. The molecule has 5 aromatic rings. The lowest BCUT2D eigenvalue weighted by molar-refractivity contribution is -0.105. The number of anilines is 5. The summed E-state index contributed by atoms with van der Waals surface area (Å²) in [7, 11) is -4.63. The van der Waals surface area contributed by atoms with Gasteiger partial charge in [-0.3, -0.25) is 14.9 Å². The lowest BCUT2D eigenvalue weighted by Crippen LogP contribution is -2.56. The molecule has 4 atom stereocenters. The second-order valence-corrected chi connectivity index (χ2v) is 23.1. The number of pyridine rings is 1. The molecule has 20 heteroatoms. The molecule has 2 aromatic heterocycles. The van der Waals surface area contributed by atoms with Crippen molar-refractivity contribution in [1.82, 2.24) is 19.6 Å². The summed E-state index contributed by atoms with van der Waals surface area (Å²) >= 11 is 6.38. The fourth-order valence-corrected chi connectivity index (χ4v) is 11.9. The molecule has 5 N–H and O–H groups in total. The number of carbonyl (C=O) groups is 1. The highest BCUT2D eigenvalue weighted by Crippen LogP contribution is 2.46. The summed E-state index contributed by atoms with van der Waals surface area (Å²) in [5.41, 5.74) is 5.27. The van der Waals surface area contributed by atoms with Crippen molar-refractivity contribution in [2.75, 3.05) is 92.6 Å². The molecule has 0 saturated carbocycles. The van der Waals surface area contributed by atoms with Gasteiger partial charge in [-0.15, -0.1) is 0 Å². The minimum atomic E-state index is -4.63. The molecule has 0 bridgehead atoms. The van der Waals surface area contributed by atoms with Gasteiger partial charge in [-0.1, -0.05) is 37.6 Å². The molecule has 0 spiro atoms. The monoisotopic (exact) mass is 1040 g/mol. The van der Waals surface area contributed by atoms with Crippen molar-refractivity contribution >= 4 is 72.6 Å². The number of benzene rings is 3. The highest BCUT2D eigenvalue weighted by atomic mass is 35.5. The van der Waals surface area contributed by atoms with Gasteiger partial charge in [0, 0.05) is 74.8 Å². The van der Waals surface area contributed by atoms with E-state index in [9.17, 15) is 28.7 Å². The number of nitrogens with zero attached hydrogens (tertiary/aromatic N) is 5. The molecule has 4 aliphatic heterocycles. The van der Waals surface area contributed by atoms with E-state index < -0.39 is 31.7 Å². The van der Waals surface area contributed by atoms with E-state index in [4.69, 9.17) is 35.5 Å². The maximum Gasteiger partial charge on any atom is 0.267 e. The number of aliphatic hydroxyl groups is 1. The van der Waals surface area contributed by atoms with Crippen LogP contribution in [0.4, 0.5) is 28.4 Å². The number of sulfonamides is 1. The lowest BCUT2D eigenvalue weighted by atomic mass is 9.71. The van der Waals surface area contributed by atoms with Crippen LogP contribution in [0.2, 0.25) is 5.02 Å². The van der Waals surface area contributed by atoms with Gasteiger partial charge < -0.3 is 54.6 Å². The molecule has 0 radical (unpaired) electrons. The number of hydrogen-bond acceptors (Lipinski definition) is 16. The lowest BCUT2D eigenvalue weighted by Gasteiger charge is -2.45. The van der Waals surface area contributed by atoms with E-state index in [0.717, 1.165) is 55.1 Å². The van der Waals surface area contributed by atoms with Crippen LogP contribution in [0, 0.1) is 10.6 Å². The molecular weight excluding hydrogens is 976 g/mol. The quantitative estimate of drug-likeness (QED) is 0.0841. The number of amides is 1. The van der Waals surface area contributed by atoms with Crippen LogP contribution in [0.5, 0.6) is 5.88 Å². The van der Waals surface area contributed by atoms with Crippen LogP contribution < -0.4 is 29.8 Å². The number of ether oxygens (including phenoxy) is 4. The van der Waals surface area contributed by atoms with Gasteiger partial charge >= 0.3 is 0 Å². The van der Waals surface area contributed by atoms with Crippen LogP contribution in [0.25, 0.3) is 16.6 Å². The summed E-state index contributed by atoms with van der Waals surface area (Å²) in [5.74, 6) is -0.533. The van der Waals surface area contributed by atoms with E-state index in [1.807, 2.05) is 41.3 Å². The van der Waals surface area contributed by atoms with E-state index in [0.29, 0.717) is 93.2 Å². The Bertz CT molecular complexity index is 2960. The highest BCUT2D eigenvalue weighted by molar-refractivity contribution is 7.90. The summed E-state index contributed by atoms with van der Waals surface area (Å²) in [6.07, 6.45) is 5.71. The van der Waals surface area contributed by atoms with E-state index in [1.165, 1.54) is 23.3 Å². The molecule has 3 fully saturated rings. The Morgan fingerprint density at radius 2 is 1.82 bits per heavy atom. The van der Waals surface area contributed by atoms with Gasteiger partial charge in [0.2, 0.25) is 5.88 Å². The number of rotatable bonds is 10. The van der Waals surface area contributed by atoms with Crippen molar-refractivity contribution in [3.8, 4) is 5.88 Å². The molecule has 6 heterocycles. The fourth-order valence-electron chi connectivity index (χ4n) is 10.8. The van der Waals surface area contributed by atoms with Gasteiger partial charge in [-0.05, 0) is 128 Å². The van der Waals surface area contributed by atoms with Gasteiger partial charge in [0.25, 0.3) is 15.9 Å². The number of aromatic amines is 1. The van der Waals surface area contributed by atoms with Crippen LogP contribution in [0.3, 0.4) is 0 Å². The van der Waals surface area contributed by atoms with Gasteiger partial charge in [0.05, 0.1) is 71.2 Å². The van der Waals surface area contributed by atoms with Gasteiger partial charge in [0.15, 0.2) is 0 Å². The fraction of sp³-hybridized carbons (Fsp3) is 0.472. The van der Waals surface area contributed by atoms with E-state index >= 15 is 0 Å². The van der Waals surface area contributed by atoms with Crippen molar-refractivity contribution in [1.29, 1.82) is 0 Å². The van der Waals surface area contributed by atoms with Gasteiger partial charge in [0.1, 0.15) is 11.3 Å². The summed E-state index contributed by atoms with van der Waals surface area (Å²) in [5, 5.41) is 37.0. The molecule has 1 amide bonds. The standard InChI is InChI=1S/C53H64ClN8O10S/c1-52(2)27-42(34-6-8-36(54)9-7-34)43-31-60-20-19-59(30-38(60)32-69-21-5-23-70-48(43)28-52)37-10-12-41(45(25-37)61-18-4-22-71-51-47(61)24-35-15-17-55-49(35)57-51)50(63)58-73(67,68)40-11-13-44(46(26-40)62(65)66)56-29-39-14-16-53(3,64)33-72-39/h6-13,15,17,24-26,38-39,48,56,64-65H,4-5,14,16,18-23,27-33H2,1-3H3,(H,55,57)(H,58,63)/q-1/t38?,39?,48-,53+/m1/s1. The first kappa shape index (κ1) is 51.0. The smallest absolute Gasteiger partial charge is 0.267 e. The normalized spacial score (nSPS) is 24.1. The third kappa shape index (κ3) is 11.4. The zero-order valence-electron chi connectivity index (χ0n) is 41.4.